The Hall–Kier alpha value is -2.21. The van der Waals surface area contributed by atoms with Crippen molar-refractivity contribution in [3.63, 3.8) is 0 Å². The first kappa shape index (κ1) is 12.8. The van der Waals surface area contributed by atoms with Gasteiger partial charge < -0.3 is 10.7 Å². The number of hydrogen-bond acceptors (Lipinski definition) is 6. The fraction of sp³-hybridized carbons (Fsp3) is 0.357. The summed E-state index contributed by atoms with van der Waals surface area (Å²) < 4.78 is 0. The van der Waals surface area contributed by atoms with Crippen molar-refractivity contribution in [2.24, 2.45) is 5.84 Å². The Kier molecular flexibility index (Phi) is 3.47. The number of pyridine rings is 1. The molecule has 1 aliphatic rings. The smallest absolute Gasteiger partial charge is 0.145 e. The maximum absolute atomic E-state index is 5.46. The van der Waals surface area contributed by atoms with Gasteiger partial charge in [0.2, 0.25) is 0 Å². The molecule has 0 aliphatic heterocycles. The van der Waals surface area contributed by atoms with Crippen LogP contribution in [0.1, 0.15) is 35.7 Å². The predicted molar refractivity (Wildman–Crippen MR) is 78.1 cm³/mol. The Balaban J connectivity index is 1.76. The number of anilines is 2. The maximum Gasteiger partial charge on any atom is 0.145 e. The van der Waals surface area contributed by atoms with Crippen molar-refractivity contribution in [1.29, 1.82) is 0 Å². The van der Waals surface area contributed by atoms with Gasteiger partial charge in [-0.3, -0.25) is 4.98 Å². The first-order chi connectivity index (χ1) is 9.76. The lowest BCUT2D eigenvalue weighted by Crippen LogP contribution is -2.12. The van der Waals surface area contributed by atoms with E-state index in [-0.39, 0.29) is 0 Å². The van der Waals surface area contributed by atoms with Crippen LogP contribution in [0.3, 0.4) is 0 Å². The van der Waals surface area contributed by atoms with Gasteiger partial charge in [0.25, 0.3) is 0 Å². The van der Waals surface area contributed by atoms with E-state index < -0.39 is 0 Å². The van der Waals surface area contributed by atoms with Crippen LogP contribution in [0, 0.1) is 6.92 Å². The van der Waals surface area contributed by atoms with Crippen LogP contribution in [0.4, 0.5) is 11.6 Å². The lowest BCUT2D eigenvalue weighted by molar-refractivity contribution is 0.918. The minimum Gasteiger partial charge on any atom is -0.366 e. The van der Waals surface area contributed by atoms with E-state index in [2.05, 4.69) is 32.6 Å². The molecule has 0 aromatic carbocycles. The van der Waals surface area contributed by atoms with Crippen LogP contribution in [-0.4, -0.2) is 15.0 Å². The van der Waals surface area contributed by atoms with Gasteiger partial charge in [0, 0.05) is 30.9 Å². The van der Waals surface area contributed by atoms with Crippen LogP contribution in [0.15, 0.2) is 24.5 Å². The Labute approximate surface area is 117 Å². The van der Waals surface area contributed by atoms with Gasteiger partial charge in [0.15, 0.2) is 0 Å². The second-order valence-corrected chi connectivity index (χ2v) is 5.07. The molecule has 0 atom stereocenters. The summed E-state index contributed by atoms with van der Waals surface area (Å²) in [5, 5.41) is 3.31. The maximum atomic E-state index is 5.46. The molecule has 2 aromatic rings. The topological polar surface area (TPSA) is 88.8 Å². The summed E-state index contributed by atoms with van der Waals surface area (Å²) in [5.41, 5.74) is 4.96. The third-order valence-corrected chi connectivity index (χ3v) is 3.44. The zero-order chi connectivity index (χ0) is 13.9. The van der Waals surface area contributed by atoms with Crippen LogP contribution in [0.5, 0.6) is 0 Å². The molecule has 104 valence electrons. The molecule has 0 radical (unpaired) electrons. The molecule has 0 bridgehead atoms. The van der Waals surface area contributed by atoms with Gasteiger partial charge >= 0.3 is 0 Å². The molecule has 2 heterocycles. The molecule has 6 nitrogen and oxygen atoms in total. The Morgan fingerprint density at radius 1 is 1.30 bits per heavy atom. The van der Waals surface area contributed by atoms with Crippen molar-refractivity contribution in [3.05, 3.63) is 41.5 Å². The van der Waals surface area contributed by atoms with E-state index in [1.807, 2.05) is 18.3 Å². The number of hydrogen-bond donors (Lipinski definition) is 3. The SMILES string of the molecule is Cc1ccncc1CNc1cc(NN)nc(C2CC2)n1. The highest BCUT2D eigenvalue weighted by Crippen LogP contribution is 2.38. The number of aryl methyl sites for hydroxylation is 1. The fourth-order valence-corrected chi connectivity index (χ4v) is 2.02. The molecule has 20 heavy (non-hydrogen) atoms. The van der Waals surface area contributed by atoms with E-state index in [0.717, 1.165) is 30.0 Å². The number of rotatable bonds is 5. The molecule has 0 amide bonds. The minimum absolute atomic E-state index is 0.490. The molecule has 1 fully saturated rings. The summed E-state index contributed by atoms with van der Waals surface area (Å²) in [6.07, 6.45) is 5.99. The average Bonchev–Trinajstić information content (AvgIpc) is 3.31. The van der Waals surface area contributed by atoms with E-state index in [1.165, 1.54) is 5.56 Å². The summed E-state index contributed by atoms with van der Waals surface area (Å²) in [5.74, 6) is 8.25. The molecule has 0 unspecified atom stereocenters. The Morgan fingerprint density at radius 3 is 2.80 bits per heavy atom. The van der Waals surface area contributed by atoms with Crippen LogP contribution >= 0.6 is 0 Å². The highest BCUT2D eigenvalue weighted by atomic mass is 15.3. The van der Waals surface area contributed by atoms with Gasteiger partial charge in [0.1, 0.15) is 17.5 Å². The fourth-order valence-electron chi connectivity index (χ4n) is 2.02. The molecule has 0 saturated heterocycles. The molecular formula is C14H18N6. The number of nitrogens with one attached hydrogen (secondary N) is 2. The van der Waals surface area contributed by atoms with E-state index in [1.54, 1.807) is 6.20 Å². The van der Waals surface area contributed by atoms with Crippen molar-refractivity contribution < 1.29 is 0 Å². The van der Waals surface area contributed by atoms with Crippen molar-refractivity contribution in [2.45, 2.75) is 32.2 Å². The van der Waals surface area contributed by atoms with Gasteiger partial charge in [0.05, 0.1) is 0 Å². The summed E-state index contributed by atoms with van der Waals surface area (Å²) >= 11 is 0. The van der Waals surface area contributed by atoms with Crippen molar-refractivity contribution in [1.82, 2.24) is 15.0 Å². The highest BCUT2D eigenvalue weighted by molar-refractivity contribution is 5.48. The molecule has 3 rings (SSSR count). The number of nitrogens with zero attached hydrogens (tertiary/aromatic N) is 3. The molecule has 2 aromatic heterocycles. The number of aromatic nitrogens is 3. The van der Waals surface area contributed by atoms with Gasteiger partial charge in [-0.25, -0.2) is 15.8 Å². The second kappa shape index (κ2) is 5.42. The number of nitrogen functional groups attached to an aromatic ring is 1. The van der Waals surface area contributed by atoms with E-state index >= 15 is 0 Å². The summed E-state index contributed by atoms with van der Waals surface area (Å²) in [4.78, 5) is 13.1. The van der Waals surface area contributed by atoms with Gasteiger partial charge in [-0.2, -0.15) is 0 Å². The van der Waals surface area contributed by atoms with Crippen molar-refractivity contribution >= 4 is 11.6 Å². The number of hydrazine groups is 1. The normalized spacial score (nSPS) is 14.1. The molecule has 0 spiro atoms. The Morgan fingerprint density at radius 2 is 2.10 bits per heavy atom. The Bertz CT molecular complexity index is 608. The molecule has 6 heteroatoms. The summed E-state index contributed by atoms with van der Waals surface area (Å²) in [6, 6.07) is 3.82. The molecule has 4 N–H and O–H groups in total. The predicted octanol–water partition coefficient (Wildman–Crippen LogP) is 1.96. The zero-order valence-electron chi connectivity index (χ0n) is 11.4. The summed E-state index contributed by atoms with van der Waals surface area (Å²) in [7, 11) is 0. The lowest BCUT2D eigenvalue weighted by Gasteiger charge is -2.10. The van der Waals surface area contributed by atoms with E-state index in [4.69, 9.17) is 5.84 Å². The number of nitrogens with two attached hydrogens (primary N) is 1. The lowest BCUT2D eigenvalue weighted by atomic mass is 10.1. The van der Waals surface area contributed by atoms with Gasteiger partial charge in [-0.05, 0) is 37.0 Å². The van der Waals surface area contributed by atoms with Gasteiger partial charge in [-0.1, -0.05) is 0 Å². The minimum atomic E-state index is 0.490. The largest absolute Gasteiger partial charge is 0.366 e. The molecule has 1 saturated carbocycles. The van der Waals surface area contributed by atoms with Crippen LogP contribution in [0.2, 0.25) is 0 Å². The standard InChI is InChI=1S/C14H18N6/c1-9-4-5-16-7-11(9)8-17-12-6-13(20-15)19-14(18-12)10-2-3-10/h4-7,10H,2-3,8,15H2,1H3,(H2,17,18,19,20). The van der Waals surface area contributed by atoms with Crippen LogP contribution < -0.4 is 16.6 Å². The molecular weight excluding hydrogens is 252 g/mol. The quantitative estimate of drug-likeness (QED) is 0.568. The third kappa shape index (κ3) is 2.85. The zero-order valence-corrected chi connectivity index (χ0v) is 11.4. The van der Waals surface area contributed by atoms with Crippen LogP contribution in [-0.2, 0) is 6.54 Å². The van der Waals surface area contributed by atoms with Gasteiger partial charge in [-0.15, -0.1) is 0 Å². The van der Waals surface area contributed by atoms with Crippen molar-refractivity contribution in [2.75, 3.05) is 10.7 Å². The van der Waals surface area contributed by atoms with Crippen molar-refractivity contribution in [3.8, 4) is 0 Å². The van der Waals surface area contributed by atoms with E-state index in [9.17, 15) is 0 Å². The third-order valence-electron chi connectivity index (χ3n) is 3.44. The highest BCUT2D eigenvalue weighted by Gasteiger charge is 2.27. The monoisotopic (exact) mass is 270 g/mol. The van der Waals surface area contributed by atoms with E-state index in [0.29, 0.717) is 18.3 Å². The first-order valence-electron chi connectivity index (χ1n) is 6.75. The summed E-state index contributed by atoms with van der Waals surface area (Å²) in [6.45, 7) is 2.76. The first-order valence-corrected chi connectivity index (χ1v) is 6.75. The second-order valence-electron chi connectivity index (χ2n) is 5.07. The average molecular weight is 270 g/mol. The molecule has 1 aliphatic carbocycles. The van der Waals surface area contributed by atoms with Crippen LogP contribution in [0.25, 0.3) is 0 Å².